The van der Waals surface area contributed by atoms with Gasteiger partial charge in [-0.25, -0.2) is 9.48 Å². The van der Waals surface area contributed by atoms with Crippen molar-refractivity contribution in [2.45, 2.75) is 38.3 Å². The van der Waals surface area contributed by atoms with Gasteiger partial charge in [0.25, 0.3) is 11.8 Å². The molecule has 2 aliphatic rings. The second-order valence-electron chi connectivity index (χ2n) is 10.1. The molecule has 5 rings (SSSR count). The Hall–Kier alpha value is -4.38. The van der Waals surface area contributed by atoms with Crippen molar-refractivity contribution in [1.82, 2.24) is 20.4 Å². The molecule has 1 saturated heterocycles. The highest BCUT2D eigenvalue weighted by molar-refractivity contribution is 6.09. The van der Waals surface area contributed by atoms with Crippen LogP contribution in [0.15, 0.2) is 48.5 Å². The molecule has 3 amide bonds. The van der Waals surface area contributed by atoms with Crippen molar-refractivity contribution in [3.63, 3.8) is 0 Å². The first kappa shape index (κ1) is 26.2. The number of hydrogen-bond acceptors (Lipinski definition) is 7. The van der Waals surface area contributed by atoms with E-state index in [1.165, 1.54) is 4.68 Å². The number of carbonyl (C=O) groups excluding carboxylic acids is 3. The Kier molecular flexibility index (Phi) is 7.00. The van der Waals surface area contributed by atoms with Crippen molar-refractivity contribution >= 4 is 23.6 Å². The zero-order chi connectivity index (χ0) is 27.7. The molecule has 0 saturated carbocycles. The first-order valence-corrected chi connectivity index (χ1v) is 12.9. The standard InChI is InChI=1S/C28H32N6O5/c1-28(2,39-27(37)31-18-12-14-30-16-18)17-4-6-19(7-5-17)33-15-13-22-23(25(29)35)32-34(24(22)26(33)36)20-8-10-21(38-3)11-9-20/h4-11,18,30H,12-16H2,1-3H3,(H2,29,35)(H,31,37). The summed E-state index contributed by atoms with van der Waals surface area (Å²) in [6.07, 6.45) is 0.824. The summed E-state index contributed by atoms with van der Waals surface area (Å²) in [7, 11) is 1.57. The molecule has 1 unspecified atom stereocenters. The third-order valence-electron chi connectivity index (χ3n) is 7.17. The molecule has 0 radical (unpaired) electrons. The summed E-state index contributed by atoms with van der Waals surface area (Å²) >= 11 is 0. The number of ether oxygens (including phenoxy) is 2. The largest absolute Gasteiger partial charge is 0.497 e. The van der Waals surface area contributed by atoms with E-state index < -0.39 is 17.6 Å². The van der Waals surface area contributed by atoms with E-state index in [0.29, 0.717) is 41.3 Å². The summed E-state index contributed by atoms with van der Waals surface area (Å²) in [6.45, 7) is 5.61. The number of rotatable bonds is 7. The highest BCUT2D eigenvalue weighted by Gasteiger charge is 2.35. The lowest BCUT2D eigenvalue weighted by atomic mass is 9.97. The van der Waals surface area contributed by atoms with Crippen molar-refractivity contribution in [2.75, 3.05) is 31.6 Å². The number of hydrogen-bond donors (Lipinski definition) is 3. The van der Waals surface area contributed by atoms with Crippen molar-refractivity contribution in [1.29, 1.82) is 0 Å². The number of methoxy groups -OCH3 is 1. The molecular formula is C28H32N6O5. The molecule has 3 heterocycles. The monoisotopic (exact) mass is 532 g/mol. The Balaban J connectivity index is 1.38. The number of nitrogens with zero attached hydrogens (tertiary/aromatic N) is 3. The molecule has 3 aromatic rings. The molecular weight excluding hydrogens is 500 g/mol. The van der Waals surface area contributed by atoms with Crippen LogP contribution < -0.4 is 26.0 Å². The Morgan fingerprint density at radius 3 is 2.41 bits per heavy atom. The minimum atomic E-state index is -0.878. The summed E-state index contributed by atoms with van der Waals surface area (Å²) < 4.78 is 12.4. The molecule has 0 bridgehead atoms. The average Bonchev–Trinajstić information content (AvgIpc) is 3.57. The highest BCUT2D eigenvalue weighted by Crippen LogP contribution is 2.31. The van der Waals surface area contributed by atoms with Gasteiger partial charge in [0.1, 0.15) is 17.0 Å². The van der Waals surface area contributed by atoms with E-state index in [1.807, 2.05) is 38.1 Å². The minimum absolute atomic E-state index is 0.0621. The lowest BCUT2D eigenvalue weighted by molar-refractivity contribution is 0.0347. The van der Waals surface area contributed by atoms with Gasteiger partial charge in [-0.1, -0.05) is 12.1 Å². The number of fused-ring (bicyclic) bond motifs is 1. The van der Waals surface area contributed by atoms with E-state index in [9.17, 15) is 14.4 Å². The summed E-state index contributed by atoms with van der Waals surface area (Å²) in [5, 5.41) is 10.5. The Bertz CT molecular complexity index is 1390. The number of alkyl carbamates (subject to hydrolysis) is 1. The van der Waals surface area contributed by atoms with Crippen LogP contribution in [0.4, 0.5) is 10.5 Å². The van der Waals surface area contributed by atoms with E-state index >= 15 is 0 Å². The zero-order valence-corrected chi connectivity index (χ0v) is 22.2. The van der Waals surface area contributed by atoms with Crippen LogP contribution in [0.25, 0.3) is 5.69 Å². The third kappa shape index (κ3) is 5.17. The van der Waals surface area contributed by atoms with Crippen molar-refractivity contribution < 1.29 is 23.9 Å². The van der Waals surface area contributed by atoms with Crippen LogP contribution in [0.3, 0.4) is 0 Å². The van der Waals surface area contributed by atoms with E-state index in [4.69, 9.17) is 15.2 Å². The predicted octanol–water partition coefficient (Wildman–Crippen LogP) is 2.51. The van der Waals surface area contributed by atoms with Gasteiger partial charge in [0, 0.05) is 30.4 Å². The normalized spacial score (nSPS) is 17.1. The SMILES string of the molecule is COc1ccc(-n2nc(C(N)=O)c3c2C(=O)N(c2ccc(C(C)(C)OC(=O)NC4CCNC4)cc2)CC3)cc1. The number of benzene rings is 2. The highest BCUT2D eigenvalue weighted by atomic mass is 16.6. The number of carbonyl (C=O) groups is 3. The average molecular weight is 533 g/mol. The van der Waals surface area contributed by atoms with Crippen LogP contribution in [-0.2, 0) is 16.8 Å². The summed E-state index contributed by atoms with van der Waals surface area (Å²) in [4.78, 5) is 40.0. The Morgan fingerprint density at radius 1 is 1.10 bits per heavy atom. The Morgan fingerprint density at radius 2 is 1.79 bits per heavy atom. The lowest BCUT2D eigenvalue weighted by Crippen LogP contribution is -2.40. The van der Waals surface area contributed by atoms with Gasteiger partial charge < -0.3 is 30.7 Å². The van der Waals surface area contributed by atoms with Crippen LogP contribution in [0, 0.1) is 0 Å². The van der Waals surface area contributed by atoms with Gasteiger partial charge in [0.2, 0.25) is 0 Å². The number of amides is 3. The summed E-state index contributed by atoms with van der Waals surface area (Å²) in [6, 6.07) is 14.4. The molecule has 39 heavy (non-hydrogen) atoms. The van der Waals surface area contributed by atoms with E-state index in [1.54, 1.807) is 36.3 Å². The molecule has 11 heteroatoms. The fourth-order valence-corrected chi connectivity index (χ4v) is 5.02. The molecule has 1 atom stereocenters. The quantitative estimate of drug-likeness (QED) is 0.425. The second kappa shape index (κ2) is 10.4. The Labute approximate surface area is 226 Å². The number of primary amides is 1. The zero-order valence-electron chi connectivity index (χ0n) is 22.2. The number of anilines is 1. The molecule has 0 aliphatic carbocycles. The maximum absolute atomic E-state index is 13.8. The topological polar surface area (TPSA) is 141 Å². The van der Waals surface area contributed by atoms with E-state index in [0.717, 1.165) is 25.1 Å². The number of aromatic nitrogens is 2. The van der Waals surface area contributed by atoms with Gasteiger partial charge in [0.05, 0.1) is 12.8 Å². The van der Waals surface area contributed by atoms with Crippen LogP contribution >= 0.6 is 0 Å². The van der Waals surface area contributed by atoms with Crippen LogP contribution in [0.1, 0.15) is 52.4 Å². The van der Waals surface area contributed by atoms with Crippen LogP contribution in [0.2, 0.25) is 0 Å². The maximum atomic E-state index is 13.8. The van der Waals surface area contributed by atoms with Gasteiger partial charge in [-0.2, -0.15) is 5.10 Å². The summed E-state index contributed by atoms with van der Waals surface area (Å²) in [5.41, 5.74) is 7.72. The van der Waals surface area contributed by atoms with Gasteiger partial charge in [0.15, 0.2) is 5.69 Å². The van der Waals surface area contributed by atoms with Crippen molar-refractivity contribution in [2.24, 2.45) is 5.73 Å². The number of nitrogens with two attached hydrogens (primary N) is 1. The van der Waals surface area contributed by atoms with Gasteiger partial charge in [-0.15, -0.1) is 0 Å². The molecule has 2 aromatic carbocycles. The molecule has 0 spiro atoms. The fourth-order valence-electron chi connectivity index (χ4n) is 5.02. The first-order valence-electron chi connectivity index (χ1n) is 12.9. The first-order chi connectivity index (χ1) is 18.7. The molecule has 1 fully saturated rings. The van der Waals surface area contributed by atoms with Crippen LogP contribution in [-0.4, -0.2) is 60.5 Å². The van der Waals surface area contributed by atoms with Gasteiger partial charge in [-0.05, 0) is 75.2 Å². The summed E-state index contributed by atoms with van der Waals surface area (Å²) in [5.74, 6) is -0.317. The van der Waals surface area contributed by atoms with Gasteiger partial charge in [-0.3, -0.25) is 9.59 Å². The maximum Gasteiger partial charge on any atom is 0.408 e. The molecule has 4 N–H and O–H groups in total. The smallest absolute Gasteiger partial charge is 0.408 e. The third-order valence-corrected chi connectivity index (χ3v) is 7.17. The van der Waals surface area contributed by atoms with Gasteiger partial charge >= 0.3 is 6.09 Å². The predicted molar refractivity (Wildman–Crippen MR) is 144 cm³/mol. The van der Waals surface area contributed by atoms with Crippen molar-refractivity contribution in [3.05, 3.63) is 71.0 Å². The van der Waals surface area contributed by atoms with E-state index in [2.05, 4.69) is 15.7 Å². The van der Waals surface area contributed by atoms with E-state index in [-0.39, 0.29) is 17.6 Å². The molecule has 1 aromatic heterocycles. The van der Waals surface area contributed by atoms with Crippen LogP contribution in [0.5, 0.6) is 5.75 Å². The lowest BCUT2D eigenvalue weighted by Gasteiger charge is -2.29. The molecule has 2 aliphatic heterocycles. The minimum Gasteiger partial charge on any atom is -0.497 e. The molecule has 11 nitrogen and oxygen atoms in total. The van der Waals surface area contributed by atoms with Crippen molar-refractivity contribution in [3.8, 4) is 11.4 Å². The number of nitrogens with one attached hydrogen (secondary N) is 2. The molecule has 204 valence electrons. The second-order valence-corrected chi connectivity index (χ2v) is 10.1. The fraction of sp³-hybridized carbons (Fsp3) is 0.357.